The number of amides is 1. The van der Waals surface area contributed by atoms with E-state index in [2.05, 4.69) is 20.5 Å². The van der Waals surface area contributed by atoms with Gasteiger partial charge in [-0.1, -0.05) is 0 Å². The molecule has 25 heavy (non-hydrogen) atoms. The SMILES string of the molecule is O=C1COc2cc(Nc3ccc(N4CCC(F)CC4)cc3)cnc2N1. The molecule has 0 radical (unpaired) electrons. The summed E-state index contributed by atoms with van der Waals surface area (Å²) in [4.78, 5) is 17.7. The molecule has 130 valence electrons. The molecule has 1 saturated heterocycles. The van der Waals surface area contributed by atoms with Gasteiger partial charge in [-0.25, -0.2) is 9.37 Å². The zero-order valence-corrected chi connectivity index (χ0v) is 13.7. The summed E-state index contributed by atoms with van der Waals surface area (Å²) in [6.45, 7) is 1.51. The Morgan fingerprint density at radius 2 is 1.96 bits per heavy atom. The van der Waals surface area contributed by atoms with Crippen LogP contribution < -0.4 is 20.3 Å². The quantitative estimate of drug-likeness (QED) is 0.897. The summed E-state index contributed by atoms with van der Waals surface area (Å²) in [7, 11) is 0. The lowest BCUT2D eigenvalue weighted by atomic mass is 10.1. The fourth-order valence-corrected chi connectivity index (χ4v) is 3.06. The maximum atomic E-state index is 13.2. The Kier molecular flexibility index (Phi) is 4.13. The van der Waals surface area contributed by atoms with Gasteiger partial charge in [0.1, 0.15) is 6.17 Å². The first-order valence-electron chi connectivity index (χ1n) is 8.36. The minimum atomic E-state index is -0.666. The number of benzene rings is 1. The van der Waals surface area contributed by atoms with Crippen LogP contribution in [0.5, 0.6) is 5.75 Å². The van der Waals surface area contributed by atoms with Crippen LogP contribution in [-0.4, -0.2) is 36.8 Å². The summed E-state index contributed by atoms with van der Waals surface area (Å²) in [6, 6.07) is 9.84. The number of hydrogen-bond acceptors (Lipinski definition) is 5. The average molecular weight is 342 g/mol. The number of pyridine rings is 1. The standard InChI is InChI=1S/C18H19FN4O2/c19-12-5-7-23(8-6-12)15-3-1-13(2-4-15)21-14-9-16-18(20-10-14)22-17(24)11-25-16/h1-4,9-10,12,21H,5-8,11H2,(H,20,22,24). The Morgan fingerprint density at radius 1 is 1.20 bits per heavy atom. The van der Waals surface area contributed by atoms with Crippen molar-refractivity contribution in [2.24, 2.45) is 0 Å². The van der Waals surface area contributed by atoms with E-state index in [9.17, 15) is 9.18 Å². The fourth-order valence-electron chi connectivity index (χ4n) is 3.06. The highest BCUT2D eigenvalue weighted by Gasteiger charge is 2.19. The number of anilines is 4. The van der Waals surface area contributed by atoms with Crippen LogP contribution in [0, 0.1) is 0 Å². The molecule has 0 unspecified atom stereocenters. The molecule has 2 aliphatic rings. The molecule has 3 heterocycles. The van der Waals surface area contributed by atoms with Crippen LogP contribution >= 0.6 is 0 Å². The Hall–Kier alpha value is -2.83. The molecule has 2 aromatic rings. The first-order chi connectivity index (χ1) is 12.2. The average Bonchev–Trinajstić information content (AvgIpc) is 2.63. The summed E-state index contributed by atoms with van der Waals surface area (Å²) < 4.78 is 18.6. The van der Waals surface area contributed by atoms with Gasteiger partial charge < -0.3 is 20.3 Å². The summed E-state index contributed by atoms with van der Waals surface area (Å²) >= 11 is 0. The van der Waals surface area contributed by atoms with Crippen molar-refractivity contribution in [2.45, 2.75) is 19.0 Å². The summed E-state index contributed by atoms with van der Waals surface area (Å²) in [6.07, 6.45) is 2.17. The van der Waals surface area contributed by atoms with Gasteiger partial charge in [0.25, 0.3) is 5.91 Å². The van der Waals surface area contributed by atoms with E-state index in [-0.39, 0.29) is 12.5 Å². The lowest BCUT2D eigenvalue weighted by Gasteiger charge is -2.30. The van der Waals surface area contributed by atoms with Crippen molar-refractivity contribution < 1.29 is 13.9 Å². The summed E-state index contributed by atoms with van der Waals surface area (Å²) in [5.74, 6) is 0.789. The first kappa shape index (κ1) is 15.7. The Balaban J connectivity index is 1.44. The van der Waals surface area contributed by atoms with Crippen LogP contribution in [0.2, 0.25) is 0 Å². The molecule has 1 aromatic heterocycles. The second-order valence-corrected chi connectivity index (χ2v) is 6.24. The smallest absolute Gasteiger partial charge is 0.263 e. The number of nitrogens with one attached hydrogen (secondary N) is 2. The maximum Gasteiger partial charge on any atom is 0.263 e. The molecule has 0 saturated carbocycles. The molecule has 4 rings (SSSR count). The van der Waals surface area contributed by atoms with Crippen molar-refractivity contribution in [3.05, 3.63) is 36.5 Å². The molecule has 7 heteroatoms. The van der Waals surface area contributed by atoms with Gasteiger partial charge in [0.2, 0.25) is 0 Å². The predicted molar refractivity (Wildman–Crippen MR) is 94.4 cm³/mol. The minimum absolute atomic E-state index is 0.00238. The monoisotopic (exact) mass is 342 g/mol. The minimum Gasteiger partial charge on any atom is -0.480 e. The van der Waals surface area contributed by atoms with Crippen LogP contribution in [-0.2, 0) is 4.79 Å². The molecular formula is C18H19FN4O2. The lowest BCUT2D eigenvalue weighted by Crippen LogP contribution is -2.34. The summed E-state index contributed by atoms with van der Waals surface area (Å²) in [5.41, 5.74) is 2.80. The topological polar surface area (TPSA) is 66.5 Å². The fraction of sp³-hybridized carbons (Fsp3) is 0.333. The number of alkyl halides is 1. The van der Waals surface area contributed by atoms with Crippen molar-refractivity contribution in [1.29, 1.82) is 0 Å². The molecule has 1 amide bonds. The molecule has 0 bridgehead atoms. The van der Waals surface area contributed by atoms with Crippen molar-refractivity contribution in [1.82, 2.24) is 4.98 Å². The Morgan fingerprint density at radius 3 is 2.72 bits per heavy atom. The van der Waals surface area contributed by atoms with Crippen molar-refractivity contribution >= 4 is 28.8 Å². The highest BCUT2D eigenvalue weighted by molar-refractivity contribution is 5.94. The largest absolute Gasteiger partial charge is 0.480 e. The highest BCUT2D eigenvalue weighted by atomic mass is 19.1. The molecule has 1 aromatic carbocycles. The van der Waals surface area contributed by atoms with Crippen LogP contribution in [0.3, 0.4) is 0 Å². The number of nitrogens with zero attached hydrogens (tertiary/aromatic N) is 2. The molecule has 0 atom stereocenters. The number of carbonyl (C=O) groups is 1. The number of hydrogen-bond donors (Lipinski definition) is 2. The second-order valence-electron chi connectivity index (χ2n) is 6.24. The van der Waals surface area contributed by atoms with E-state index in [0.717, 1.165) is 30.2 Å². The lowest BCUT2D eigenvalue weighted by molar-refractivity contribution is -0.118. The van der Waals surface area contributed by atoms with Gasteiger partial charge in [-0.05, 0) is 37.1 Å². The van der Waals surface area contributed by atoms with E-state index in [4.69, 9.17) is 4.74 Å². The van der Waals surface area contributed by atoms with E-state index in [1.807, 2.05) is 30.3 Å². The summed E-state index contributed by atoms with van der Waals surface area (Å²) in [5, 5.41) is 5.93. The van der Waals surface area contributed by atoms with Crippen molar-refractivity contribution in [2.75, 3.05) is 35.2 Å². The van der Waals surface area contributed by atoms with Crippen LogP contribution in [0.15, 0.2) is 36.5 Å². The predicted octanol–water partition coefficient (Wildman–Crippen LogP) is 3.09. The van der Waals surface area contributed by atoms with Crippen LogP contribution in [0.25, 0.3) is 0 Å². The van der Waals surface area contributed by atoms with Gasteiger partial charge in [-0.3, -0.25) is 4.79 Å². The molecule has 0 aliphatic carbocycles. The number of aromatic nitrogens is 1. The third-order valence-electron chi connectivity index (χ3n) is 4.41. The second kappa shape index (κ2) is 6.58. The Labute approximate surface area is 145 Å². The zero-order chi connectivity index (χ0) is 17.2. The zero-order valence-electron chi connectivity index (χ0n) is 13.7. The van der Waals surface area contributed by atoms with Gasteiger partial charge >= 0.3 is 0 Å². The van der Waals surface area contributed by atoms with E-state index in [1.54, 1.807) is 6.20 Å². The molecule has 2 N–H and O–H groups in total. The molecule has 2 aliphatic heterocycles. The van der Waals surface area contributed by atoms with Crippen LogP contribution in [0.4, 0.5) is 27.3 Å². The van der Waals surface area contributed by atoms with Crippen LogP contribution in [0.1, 0.15) is 12.8 Å². The van der Waals surface area contributed by atoms with E-state index >= 15 is 0 Å². The van der Waals surface area contributed by atoms with Crippen molar-refractivity contribution in [3.8, 4) is 5.75 Å². The molecular weight excluding hydrogens is 323 g/mol. The van der Waals surface area contributed by atoms with E-state index < -0.39 is 6.17 Å². The highest BCUT2D eigenvalue weighted by Crippen LogP contribution is 2.30. The normalized spacial score (nSPS) is 17.5. The van der Waals surface area contributed by atoms with Gasteiger partial charge in [0, 0.05) is 30.5 Å². The van der Waals surface area contributed by atoms with E-state index in [0.29, 0.717) is 24.4 Å². The third-order valence-corrected chi connectivity index (χ3v) is 4.41. The third kappa shape index (κ3) is 3.50. The first-order valence-corrected chi connectivity index (χ1v) is 8.36. The molecule has 0 spiro atoms. The number of piperidine rings is 1. The van der Waals surface area contributed by atoms with Gasteiger partial charge in [-0.2, -0.15) is 0 Å². The van der Waals surface area contributed by atoms with E-state index in [1.165, 1.54) is 0 Å². The van der Waals surface area contributed by atoms with Gasteiger partial charge in [0.05, 0.1) is 11.9 Å². The van der Waals surface area contributed by atoms with Gasteiger partial charge in [-0.15, -0.1) is 0 Å². The number of carbonyl (C=O) groups excluding carboxylic acids is 1. The number of halogens is 1. The molecule has 1 fully saturated rings. The maximum absolute atomic E-state index is 13.2. The van der Waals surface area contributed by atoms with Gasteiger partial charge in [0.15, 0.2) is 18.2 Å². The number of rotatable bonds is 3. The Bertz CT molecular complexity index is 773. The molecule has 6 nitrogen and oxygen atoms in total. The van der Waals surface area contributed by atoms with Crippen molar-refractivity contribution in [3.63, 3.8) is 0 Å². The number of ether oxygens (including phenoxy) is 1. The number of fused-ring (bicyclic) bond motifs is 1.